The molecule has 0 saturated heterocycles. The Bertz CT molecular complexity index is 440. The zero-order valence-corrected chi connectivity index (χ0v) is 11.3. The van der Waals surface area contributed by atoms with Gasteiger partial charge in [-0.15, -0.1) is 0 Å². The molecular weight excluding hydrogens is 252 g/mol. The minimum Gasteiger partial charge on any atom is -0.368 e. The standard InChI is InChI=1S/C13H19F2N3O/c1-8(2)18(7-12(16)19)13-10(14)4-9(6-17-3)5-11(13)15/h4-5,8,17H,6-7H2,1-3H3,(H2,16,19). The fourth-order valence-corrected chi connectivity index (χ4v) is 1.89. The summed E-state index contributed by atoms with van der Waals surface area (Å²) < 4.78 is 28.1. The molecule has 0 bridgehead atoms. The number of benzene rings is 1. The van der Waals surface area contributed by atoms with E-state index < -0.39 is 17.5 Å². The number of hydrogen-bond donors (Lipinski definition) is 2. The van der Waals surface area contributed by atoms with Gasteiger partial charge in [-0.05, 0) is 38.6 Å². The molecule has 0 heterocycles. The molecule has 0 radical (unpaired) electrons. The van der Waals surface area contributed by atoms with Crippen molar-refractivity contribution in [3.8, 4) is 0 Å². The number of primary amides is 1. The van der Waals surface area contributed by atoms with Crippen LogP contribution in [0, 0.1) is 11.6 Å². The Hall–Kier alpha value is -1.69. The molecule has 0 unspecified atom stereocenters. The topological polar surface area (TPSA) is 58.4 Å². The molecule has 106 valence electrons. The van der Waals surface area contributed by atoms with Crippen LogP contribution in [-0.2, 0) is 11.3 Å². The van der Waals surface area contributed by atoms with Gasteiger partial charge in [0.25, 0.3) is 0 Å². The number of hydrogen-bond acceptors (Lipinski definition) is 3. The van der Waals surface area contributed by atoms with Gasteiger partial charge >= 0.3 is 0 Å². The maximum absolute atomic E-state index is 14.0. The first-order valence-corrected chi connectivity index (χ1v) is 6.04. The van der Waals surface area contributed by atoms with Crippen LogP contribution >= 0.6 is 0 Å². The average molecular weight is 271 g/mol. The molecule has 0 atom stereocenters. The second kappa shape index (κ2) is 6.47. The maximum Gasteiger partial charge on any atom is 0.236 e. The quantitative estimate of drug-likeness (QED) is 0.822. The monoisotopic (exact) mass is 271 g/mol. The van der Waals surface area contributed by atoms with Gasteiger partial charge in [-0.2, -0.15) is 0 Å². The van der Waals surface area contributed by atoms with Gasteiger partial charge in [0.1, 0.15) is 17.3 Å². The Kier molecular flexibility index (Phi) is 5.23. The summed E-state index contributed by atoms with van der Waals surface area (Å²) in [5.41, 5.74) is 5.40. The second-order valence-electron chi connectivity index (χ2n) is 4.63. The van der Waals surface area contributed by atoms with Crippen LogP contribution in [0.2, 0.25) is 0 Å². The number of rotatable bonds is 6. The summed E-state index contributed by atoms with van der Waals surface area (Å²) in [6.07, 6.45) is 0. The molecule has 1 aromatic carbocycles. The third-order valence-electron chi connectivity index (χ3n) is 2.69. The Labute approximate surface area is 111 Å². The first-order chi connectivity index (χ1) is 8.86. The van der Waals surface area contributed by atoms with E-state index in [1.165, 1.54) is 17.0 Å². The Balaban J connectivity index is 3.19. The lowest BCUT2D eigenvalue weighted by Gasteiger charge is -2.28. The van der Waals surface area contributed by atoms with E-state index in [0.717, 1.165) is 0 Å². The predicted octanol–water partition coefficient (Wildman–Crippen LogP) is 1.38. The van der Waals surface area contributed by atoms with Gasteiger partial charge in [0, 0.05) is 12.6 Å². The molecule has 0 aliphatic heterocycles. The summed E-state index contributed by atoms with van der Waals surface area (Å²) in [5, 5.41) is 2.82. The van der Waals surface area contributed by atoms with Crippen molar-refractivity contribution < 1.29 is 13.6 Å². The molecule has 0 aliphatic rings. The van der Waals surface area contributed by atoms with Crippen molar-refractivity contribution in [3.05, 3.63) is 29.3 Å². The molecule has 1 rings (SSSR count). The number of halogens is 2. The Morgan fingerprint density at radius 1 is 1.37 bits per heavy atom. The van der Waals surface area contributed by atoms with Crippen molar-refractivity contribution in [2.45, 2.75) is 26.4 Å². The number of nitrogens with two attached hydrogens (primary N) is 1. The average Bonchev–Trinajstić information content (AvgIpc) is 2.26. The van der Waals surface area contributed by atoms with Crippen LogP contribution in [0.15, 0.2) is 12.1 Å². The number of carbonyl (C=O) groups excluding carboxylic acids is 1. The number of nitrogens with zero attached hydrogens (tertiary/aromatic N) is 1. The van der Waals surface area contributed by atoms with Crippen LogP contribution in [0.3, 0.4) is 0 Å². The zero-order chi connectivity index (χ0) is 14.6. The van der Waals surface area contributed by atoms with Crippen molar-refractivity contribution in [3.63, 3.8) is 0 Å². The predicted molar refractivity (Wildman–Crippen MR) is 70.8 cm³/mol. The normalized spacial score (nSPS) is 10.8. The molecule has 0 spiro atoms. The third-order valence-corrected chi connectivity index (χ3v) is 2.69. The van der Waals surface area contributed by atoms with Gasteiger partial charge in [-0.25, -0.2) is 8.78 Å². The van der Waals surface area contributed by atoms with E-state index >= 15 is 0 Å². The third kappa shape index (κ3) is 3.89. The van der Waals surface area contributed by atoms with Crippen molar-refractivity contribution in [2.75, 3.05) is 18.5 Å². The van der Waals surface area contributed by atoms with Crippen LogP contribution in [0.1, 0.15) is 19.4 Å². The zero-order valence-electron chi connectivity index (χ0n) is 11.3. The van der Waals surface area contributed by atoms with E-state index in [9.17, 15) is 13.6 Å². The molecule has 3 N–H and O–H groups in total. The number of anilines is 1. The molecule has 0 fully saturated rings. The molecular formula is C13H19F2N3O. The van der Waals surface area contributed by atoms with Crippen LogP contribution < -0.4 is 16.0 Å². The molecule has 6 heteroatoms. The first kappa shape index (κ1) is 15.4. The van der Waals surface area contributed by atoms with E-state index in [0.29, 0.717) is 12.1 Å². The number of nitrogens with one attached hydrogen (secondary N) is 1. The smallest absolute Gasteiger partial charge is 0.236 e. The van der Waals surface area contributed by atoms with E-state index in [4.69, 9.17) is 5.73 Å². The molecule has 4 nitrogen and oxygen atoms in total. The highest BCUT2D eigenvalue weighted by Crippen LogP contribution is 2.26. The van der Waals surface area contributed by atoms with Gasteiger partial charge < -0.3 is 16.0 Å². The van der Waals surface area contributed by atoms with Gasteiger partial charge in [-0.1, -0.05) is 0 Å². The molecule has 0 aliphatic carbocycles. The van der Waals surface area contributed by atoms with E-state index in [1.54, 1.807) is 20.9 Å². The van der Waals surface area contributed by atoms with Gasteiger partial charge in [-0.3, -0.25) is 4.79 Å². The summed E-state index contributed by atoms with van der Waals surface area (Å²) >= 11 is 0. The number of carbonyl (C=O) groups is 1. The minimum absolute atomic E-state index is 0.214. The largest absolute Gasteiger partial charge is 0.368 e. The lowest BCUT2D eigenvalue weighted by Crippen LogP contribution is -2.39. The summed E-state index contributed by atoms with van der Waals surface area (Å²) in [5.74, 6) is -2.02. The van der Waals surface area contributed by atoms with Crippen molar-refractivity contribution in [2.24, 2.45) is 5.73 Å². The van der Waals surface area contributed by atoms with Crippen molar-refractivity contribution in [1.82, 2.24) is 5.32 Å². The lowest BCUT2D eigenvalue weighted by molar-refractivity contribution is -0.116. The highest BCUT2D eigenvalue weighted by Gasteiger charge is 2.21. The molecule has 1 aromatic rings. The van der Waals surface area contributed by atoms with Crippen molar-refractivity contribution in [1.29, 1.82) is 0 Å². The highest BCUT2D eigenvalue weighted by molar-refractivity contribution is 5.79. The van der Waals surface area contributed by atoms with Crippen LogP contribution in [0.25, 0.3) is 0 Å². The van der Waals surface area contributed by atoms with Gasteiger partial charge in [0.2, 0.25) is 5.91 Å². The van der Waals surface area contributed by atoms with E-state index in [1.807, 2.05) is 0 Å². The number of amides is 1. The van der Waals surface area contributed by atoms with Gasteiger partial charge in [0.05, 0.1) is 6.54 Å². The fraction of sp³-hybridized carbons (Fsp3) is 0.462. The van der Waals surface area contributed by atoms with Crippen LogP contribution in [0.4, 0.5) is 14.5 Å². The summed E-state index contributed by atoms with van der Waals surface area (Å²) in [7, 11) is 1.69. The molecule has 19 heavy (non-hydrogen) atoms. The second-order valence-corrected chi connectivity index (χ2v) is 4.63. The Morgan fingerprint density at radius 2 is 1.89 bits per heavy atom. The van der Waals surface area contributed by atoms with E-state index in [-0.39, 0.29) is 18.3 Å². The maximum atomic E-state index is 14.0. The fourth-order valence-electron chi connectivity index (χ4n) is 1.89. The first-order valence-electron chi connectivity index (χ1n) is 6.04. The lowest BCUT2D eigenvalue weighted by atomic mass is 10.1. The summed E-state index contributed by atoms with van der Waals surface area (Å²) in [6, 6.07) is 2.27. The molecule has 0 aromatic heterocycles. The van der Waals surface area contributed by atoms with Crippen LogP contribution in [-0.4, -0.2) is 25.5 Å². The highest BCUT2D eigenvalue weighted by atomic mass is 19.1. The van der Waals surface area contributed by atoms with Gasteiger partial charge in [0.15, 0.2) is 0 Å². The Morgan fingerprint density at radius 3 is 2.26 bits per heavy atom. The van der Waals surface area contributed by atoms with Crippen molar-refractivity contribution >= 4 is 11.6 Å². The van der Waals surface area contributed by atoms with E-state index in [2.05, 4.69) is 5.32 Å². The molecule has 0 saturated carbocycles. The molecule has 1 amide bonds. The van der Waals surface area contributed by atoms with Crippen LogP contribution in [0.5, 0.6) is 0 Å². The summed E-state index contributed by atoms with van der Waals surface area (Å²) in [4.78, 5) is 12.3. The summed E-state index contributed by atoms with van der Waals surface area (Å²) in [6.45, 7) is 3.62. The minimum atomic E-state index is -0.694. The SMILES string of the molecule is CNCc1cc(F)c(N(CC(N)=O)C(C)C)c(F)c1.